The fraction of sp³-hybridized carbons (Fsp3) is 0.455. The van der Waals surface area contributed by atoms with Crippen LogP contribution in [-0.2, 0) is 21.3 Å². The third kappa shape index (κ3) is 7.74. The number of nitrogens with zero attached hydrogens (tertiary/aromatic N) is 1. The highest BCUT2D eigenvalue weighted by atomic mass is 35.5. The Balaban J connectivity index is 0.00000363. The maximum atomic E-state index is 13.2. The highest BCUT2D eigenvalue weighted by Gasteiger charge is 2.33. The van der Waals surface area contributed by atoms with Crippen molar-refractivity contribution in [3.63, 3.8) is 0 Å². The van der Waals surface area contributed by atoms with Crippen LogP contribution < -0.4 is 4.72 Å². The minimum atomic E-state index is -3.31. The van der Waals surface area contributed by atoms with Crippen molar-refractivity contribution in [2.45, 2.75) is 44.6 Å². The summed E-state index contributed by atoms with van der Waals surface area (Å²) in [6.07, 6.45) is 1.04. The minimum absolute atomic E-state index is 0. The zero-order chi connectivity index (χ0) is 22.6. The molecule has 3 atom stereocenters. The number of piperidine rings is 1. The molecule has 0 saturated carbocycles. The molecule has 2 aromatic carbocycles. The molecule has 0 amide bonds. The molecule has 0 aliphatic carbocycles. The number of sulfonamides is 1. The summed E-state index contributed by atoms with van der Waals surface area (Å²) in [4.78, 5) is 2.06. The van der Waals surface area contributed by atoms with Crippen LogP contribution in [0, 0.1) is 5.82 Å². The van der Waals surface area contributed by atoms with E-state index in [-0.39, 0.29) is 30.2 Å². The van der Waals surface area contributed by atoms with E-state index in [2.05, 4.69) is 9.62 Å². The van der Waals surface area contributed by atoms with Crippen LogP contribution in [0.5, 0.6) is 0 Å². The normalized spacial score (nSPS) is 20.7. The van der Waals surface area contributed by atoms with Crippen molar-refractivity contribution in [3.8, 4) is 0 Å². The molecule has 178 valence electrons. The summed E-state index contributed by atoms with van der Waals surface area (Å²) in [6, 6.07) is 13.1. The Hall–Kier alpha value is -1.65. The Kier molecular flexibility index (Phi) is 9.53. The van der Waals surface area contributed by atoms with Gasteiger partial charge in [-0.3, -0.25) is 4.90 Å². The average molecular weight is 493 g/mol. The third-order valence-corrected chi connectivity index (χ3v) is 6.28. The van der Waals surface area contributed by atoms with Gasteiger partial charge in [0.2, 0.25) is 10.0 Å². The molecule has 0 aromatic heterocycles. The number of halogens is 4. The van der Waals surface area contributed by atoms with Crippen LogP contribution in [0.15, 0.2) is 48.5 Å². The molecule has 1 fully saturated rings. The van der Waals surface area contributed by atoms with Crippen molar-refractivity contribution < 1.29 is 26.3 Å². The van der Waals surface area contributed by atoms with Crippen LogP contribution in [0.2, 0.25) is 0 Å². The van der Waals surface area contributed by atoms with E-state index in [0.29, 0.717) is 26.1 Å². The van der Waals surface area contributed by atoms with Crippen molar-refractivity contribution in [2.24, 2.45) is 0 Å². The molecule has 5 nitrogen and oxygen atoms in total. The number of hydrogen-bond donors (Lipinski definition) is 1. The van der Waals surface area contributed by atoms with Gasteiger partial charge in [-0.1, -0.05) is 36.4 Å². The van der Waals surface area contributed by atoms with Crippen LogP contribution in [0.4, 0.5) is 13.2 Å². The van der Waals surface area contributed by atoms with Crippen molar-refractivity contribution >= 4 is 22.4 Å². The molecule has 2 aromatic rings. The molecule has 1 heterocycles. The highest BCUT2D eigenvalue weighted by Crippen LogP contribution is 2.32. The lowest BCUT2D eigenvalue weighted by Crippen LogP contribution is -2.44. The quantitative estimate of drug-likeness (QED) is 0.591. The van der Waals surface area contributed by atoms with Crippen LogP contribution in [-0.4, -0.2) is 45.4 Å². The zero-order valence-corrected chi connectivity index (χ0v) is 19.5. The predicted molar refractivity (Wildman–Crippen MR) is 120 cm³/mol. The molecule has 1 saturated heterocycles. The van der Waals surface area contributed by atoms with Crippen molar-refractivity contribution in [1.82, 2.24) is 9.62 Å². The molecule has 0 spiro atoms. The van der Waals surface area contributed by atoms with E-state index in [9.17, 15) is 21.6 Å². The molecule has 0 radical (unpaired) electrons. The van der Waals surface area contributed by atoms with Crippen LogP contribution >= 0.6 is 12.4 Å². The molecule has 3 rings (SSSR count). The maximum absolute atomic E-state index is 13.2. The summed E-state index contributed by atoms with van der Waals surface area (Å²) in [7, 11) is -3.31. The molecule has 32 heavy (non-hydrogen) atoms. The van der Waals surface area contributed by atoms with Gasteiger partial charge in [-0.2, -0.15) is 8.78 Å². The number of ether oxygens (including phenoxy) is 1. The monoisotopic (exact) mass is 492 g/mol. The lowest BCUT2D eigenvalue weighted by Gasteiger charge is -2.38. The van der Waals surface area contributed by atoms with E-state index in [1.807, 2.05) is 24.3 Å². The van der Waals surface area contributed by atoms with Gasteiger partial charge < -0.3 is 4.74 Å². The van der Waals surface area contributed by atoms with Crippen molar-refractivity contribution in [2.75, 3.05) is 19.3 Å². The first-order chi connectivity index (χ1) is 14.6. The van der Waals surface area contributed by atoms with E-state index in [1.54, 1.807) is 19.1 Å². The van der Waals surface area contributed by atoms with Crippen molar-refractivity contribution in [1.29, 1.82) is 0 Å². The topological polar surface area (TPSA) is 58.6 Å². The Labute approximate surface area is 193 Å². The summed E-state index contributed by atoms with van der Waals surface area (Å²) in [6.45, 7) is 0.478. The first-order valence-electron chi connectivity index (χ1n) is 10.1. The molecular weight excluding hydrogens is 465 g/mol. The fourth-order valence-corrected chi connectivity index (χ4v) is 4.82. The summed E-state index contributed by atoms with van der Waals surface area (Å²) in [5, 5.41) is 0. The van der Waals surface area contributed by atoms with Gasteiger partial charge in [0.25, 0.3) is 0 Å². The van der Waals surface area contributed by atoms with Gasteiger partial charge in [0.15, 0.2) is 0 Å². The molecule has 2 unspecified atom stereocenters. The number of hydrogen-bond acceptors (Lipinski definition) is 4. The SMILES string of the molecule is C[C@@H](NS(C)(=O)=O)c1ccc(CN2CCC(c3ccc(F)cc3)C(OC(F)F)C2)cc1.Cl. The fourth-order valence-electron chi connectivity index (χ4n) is 4.04. The summed E-state index contributed by atoms with van der Waals surface area (Å²) < 4.78 is 69.5. The second-order valence-corrected chi connectivity index (χ2v) is 9.75. The molecule has 1 aliphatic rings. The Bertz CT molecular complexity index is 959. The summed E-state index contributed by atoms with van der Waals surface area (Å²) >= 11 is 0. The third-order valence-electron chi connectivity index (χ3n) is 5.50. The van der Waals surface area contributed by atoms with E-state index in [0.717, 1.165) is 22.9 Å². The van der Waals surface area contributed by atoms with Crippen LogP contribution in [0.3, 0.4) is 0 Å². The Morgan fingerprint density at radius 2 is 1.75 bits per heavy atom. The average Bonchev–Trinajstić information content (AvgIpc) is 2.68. The Morgan fingerprint density at radius 1 is 1.12 bits per heavy atom. The molecule has 0 bridgehead atoms. The maximum Gasteiger partial charge on any atom is 0.345 e. The number of nitrogens with one attached hydrogen (secondary N) is 1. The molecular formula is C22H28ClF3N2O3S. The largest absolute Gasteiger partial charge is 0.345 e. The van der Waals surface area contributed by atoms with E-state index in [1.165, 1.54) is 12.1 Å². The molecule has 1 aliphatic heterocycles. The number of alkyl halides is 2. The minimum Gasteiger partial charge on any atom is -0.318 e. The van der Waals surface area contributed by atoms with Gasteiger partial charge in [0.05, 0.1) is 12.4 Å². The molecule has 1 N–H and O–H groups in total. The van der Waals surface area contributed by atoms with Gasteiger partial charge in [0, 0.05) is 25.0 Å². The smallest absolute Gasteiger partial charge is 0.318 e. The molecule has 10 heteroatoms. The van der Waals surface area contributed by atoms with E-state index in [4.69, 9.17) is 4.74 Å². The number of likely N-dealkylation sites (tertiary alicyclic amines) is 1. The van der Waals surface area contributed by atoms with Gasteiger partial charge in [-0.05, 0) is 48.7 Å². The highest BCUT2D eigenvalue weighted by molar-refractivity contribution is 7.88. The van der Waals surface area contributed by atoms with E-state index >= 15 is 0 Å². The number of benzene rings is 2. The van der Waals surface area contributed by atoms with Gasteiger partial charge in [0.1, 0.15) is 5.82 Å². The summed E-state index contributed by atoms with van der Waals surface area (Å²) in [5.41, 5.74) is 2.62. The second-order valence-electron chi connectivity index (χ2n) is 7.97. The first kappa shape index (κ1) is 26.6. The lowest BCUT2D eigenvalue weighted by molar-refractivity contribution is -0.180. The number of rotatable bonds is 8. The van der Waals surface area contributed by atoms with Crippen LogP contribution in [0.25, 0.3) is 0 Å². The van der Waals surface area contributed by atoms with Gasteiger partial charge in [-0.25, -0.2) is 17.5 Å². The predicted octanol–water partition coefficient (Wildman–Crippen LogP) is 4.46. The lowest BCUT2D eigenvalue weighted by atomic mass is 9.86. The van der Waals surface area contributed by atoms with Crippen molar-refractivity contribution in [3.05, 3.63) is 71.0 Å². The van der Waals surface area contributed by atoms with E-state index < -0.39 is 22.7 Å². The van der Waals surface area contributed by atoms with Crippen LogP contribution in [0.1, 0.15) is 42.0 Å². The van der Waals surface area contributed by atoms with Gasteiger partial charge >= 0.3 is 6.61 Å². The first-order valence-corrected chi connectivity index (χ1v) is 12.0. The second kappa shape index (κ2) is 11.5. The standard InChI is InChI=1S/C22H27F3N2O3S.ClH/c1-15(26-31(2,28)29)17-5-3-16(4-6-17)13-27-12-11-20(21(14-27)30-22(24)25)18-7-9-19(23)10-8-18;/h3-10,15,20-22,26H,11-14H2,1-2H3;1H/t15-,20?,21?;/m1./s1. The van der Waals surface area contributed by atoms with Gasteiger partial charge in [-0.15, -0.1) is 12.4 Å². The summed E-state index contributed by atoms with van der Waals surface area (Å²) in [5.74, 6) is -0.590. The Morgan fingerprint density at radius 3 is 2.31 bits per heavy atom. The zero-order valence-electron chi connectivity index (χ0n) is 17.9.